The molecule has 0 aromatic carbocycles. The van der Waals surface area contributed by atoms with Gasteiger partial charge in [-0.3, -0.25) is 0 Å². The van der Waals surface area contributed by atoms with Crippen LogP contribution in [0.3, 0.4) is 0 Å². The number of anilines is 1. The fourth-order valence-electron chi connectivity index (χ4n) is 1.92. The first-order valence-electron chi connectivity index (χ1n) is 5.54. The Labute approximate surface area is 107 Å². The third kappa shape index (κ3) is 2.01. The van der Waals surface area contributed by atoms with Gasteiger partial charge in [0, 0.05) is 11.8 Å². The fraction of sp³-hybridized carbons (Fsp3) is 0.600. The molecule has 2 heterocycles. The molecule has 2 rings (SSSR count). The first-order chi connectivity index (χ1) is 8.81. The summed E-state index contributed by atoms with van der Waals surface area (Å²) in [4.78, 5) is 15.2. The minimum absolute atomic E-state index is 0.0170. The maximum absolute atomic E-state index is 11.7. The molecular formula is C10H15N3O6. The van der Waals surface area contributed by atoms with Crippen molar-refractivity contribution in [2.45, 2.75) is 31.1 Å². The van der Waals surface area contributed by atoms with Crippen LogP contribution in [-0.4, -0.2) is 54.9 Å². The zero-order chi connectivity index (χ0) is 14.4. The van der Waals surface area contributed by atoms with E-state index in [9.17, 15) is 20.1 Å². The second-order valence-corrected chi connectivity index (χ2v) is 4.39. The minimum atomic E-state index is -2.50. The monoisotopic (exact) mass is 273 g/mol. The molecule has 0 saturated carbocycles. The maximum Gasteiger partial charge on any atom is 0.353 e. The second kappa shape index (κ2) is 4.54. The summed E-state index contributed by atoms with van der Waals surface area (Å²) in [5.41, 5.74) is 4.88. The molecular weight excluding hydrogens is 258 g/mol. The molecule has 0 bridgehead atoms. The van der Waals surface area contributed by atoms with E-state index in [0.29, 0.717) is 10.1 Å². The van der Waals surface area contributed by atoms with Crippen molar-refractivity contribution in [3.05, 3.63) is 22.2 Å². The number of nitrogens with zero attached hydrogens (tertiary/aromatic N) is 2. The van der Waals surface area contributed by atoms with Crippen LogP contribution in [0.15, 0.2) is 11.0 Å². The number of hydrogen-bond donors (Lipinski definition) is 5. The van der Waals surface area contributed by atoms with E-state index in [2.05, 4.69) is 4.98 Å². The van der Waals surface area contributed by atoms with Crippen LogP contribution in [0.25, 0.3) is 0 Å². The molecule has 1 fully saturated rings. The van der Waals surface area contributed by atoms with Gasteiger partial charge in [0.2, 0.25) is 0 Å². The number of nitrogen functional groups attached to an aromatic ring is 1. The summed E-state index contributed by atoms with van der Waals surface area (Å²) >= 11 is 0. The number of hydrogen-bond acceptors (Lipinski definition) is 8. The van der Waals surface area contributed by atoms with E-state index in [0.717, 1.165) is 6.20 Å². The first kappa shape index (κ1) is 13.9. The van der Waals surface area contributed by atoms with Crippen molar-refractivity contribution >= 4 is 5.82 Å². The molecule has 0 aliphatic carbocycles. The molecule has 0 spiro atoms. The maximum atomic E-state index is 11.7. The number of aliphatic hydroxyl groups is 4. The molecule has 0 amide bonds. The molecule has 1 saturated heterocycles. The van der Waals surface area contributed by atoms with E-state index in [1.54, 1.807) is 6.92 Å². The van der Waals surface area contributed by atoms with Crippen LogP contribution >= 0.6 is 0 Å². The van der Waals surface area contributed by atoms with Crippen molar-refractivity contribution in [3.8, 4) is 0 Å². The number of rotatable bonds is 2. The molecule has 1 aromatic heterocycles. The minimum Gasteiger partial charge on any atom is -0.394 e. The standard InChI is InChI=1S/C10H15N3O6/c1-4-2-13(9(17)12-8(4)11)10(18)7(16)6(15)5(3-14)19-10/h2,5-7,14-16,18H,3H2,1H3,(H2,11,12,17)/t5-,6-,7-,10-/m1/s1. The molecule has 9 nitrogen and oxygen atoms in total. The van der Waals surface area contributed by atoms with Gasteiger partial charge in [-0.05, 0) is 6.92 Å². The molecule has 1 aliphatic rings. The molecule has 1 aromatic rings. The largest absolute Gasteiger partial charge is 0.394 e. The highest BCUT2D eigenvalue weighted by Crippen LogP contribution is 2.32. The molecule has 9 heteroatoms. The van der Waals surface area contributed by atoms with Gasteiger partial charge in [0.25, 0.3) is 5.91 Å². The third-order valence-corrected chi connectivity index (χ3v) is 3.09. The first-order valence-corrected chi connectivity index (χ1v) is 5.54. The predicted octanol–water partition coefficient (Wildman–Crippen LogP) is -3.15. The third-order valence-electron chi connectivity index (χ3n) is 3.09. The van der Waals surface area contributed by atoms with Gasteiger partial charge in [-0.15, -0.1) is 0 Å². The summed E-state index contributed by atoms with van der Waals surface area (Å²) in [7, 11) is 0. The van der Waals surface area contributed by atoms with Gasteiger partial charge in [-0.1, -0.05) is 0 Å². The summed E-state index contributed by atoms with van der Waals surface area (Å²) < 4.78 is 5.60. The number of aryl methyl sites for hydroxylation is 1. The van der Waals surface area contributed by atoms with E-state index in [-0.39, 0.29) is 5.82 Å². The van der Waals surface area contributed by atoms with Gasteiger partial charge in [0.15, 0.2) is 6.10 Å². The number of nitrogens with two attached hydrogens (primary N) is 1. The summed E-state index contributed by atoms with van der Waals surface area (Å²) in [6, 6.07) is 0. The summed E-state index contributed by atoms with van der Waals surface area (Å²) in [5, 5.41) is 38.6. The van der Waals surface area contributed by atoms with Crippen LogP contribution in [0.2, 0.25) is 0 Å². The highest BCUT2D eigenvalue weighted by Gasteiger charge is 2.55. The molecule has 6 N–H and O–H groups in total. The number of ether oxygens (including phenoxy) is 1. The van der Waals surface area contributed by atoms with Crippen LogP contribution in [0.1, 0.15) is 5.56 Å². The molecule has 106 valence electrons. The van der Waals surface area contributed by atoms with Crippen molar-refractivity contribution in [2.24, 2.45) is 0 Å². The summed E-state index contributed by atoms with van der Waals surface area (Å²) in [5.74, 6) is -2.52. The van der Waals surface area contributed by atoms with E-state index in [4.69, 9.17) is 15.6 Å². The smallest absolute Gasteiger partial charge is 0.353 e. The highest BCUT2D eigenvalue weighted by molar-refractivity contribution is 5.35. The zero-order valence-electron chi connectivity index (χ0n) is 10.1. The lowest BCUT2D eigenvalue weighted by molar-refractivity contribution is -0.291. The van der Waals surface area contributed by atoms with Gasteiger partial charge >= 0.3 is 5.69 Å². The molecule has 19 heavy (non-hydrogen) atoms. The van der Waals surface area contributed by atoms with Crippen molar-refractivity contribution in [1.82, 2.24) is 9.55 Å². The molecule has 0 radical (unpaired) electrons. The van der Waals surface area contributed by atoms with Crippen LogP contribution in [0.5, 0.6) is 0 Å². The van der Waals surface area contributed by atoms with E-state index < -0.39 is 36.5 Å². The zero-order valence-corrected chi connectivity index (χ0v) is 10.1. The van der Waals surface area contributed by atoms with Gasteiger partial charge in [0.05, 0.1) is 6.61 Å². The van der Waals surface area contributed by atoms with Crippen molar-refractivity contribution in [2.75, 3.05) is 12.3 Å². The molecule has 0 unspecified atom stereocenters. The lowest BCUT2D eigenvalue weighted by Gasteiger charge is -2.27. The van der Waals surface area contributed by atoms with Crippen LogP contribution in [-0.2, 0) is 10.6 Å². The molecule has 1 aliphatic heterocycles. The highest BCUT2D eigenvalue weighted by atomic mass is 16.7. The Balaban J connectivity index is 2.52. The lowest BCUT2D eigenvalue weighted by Crippen LogP contribution is -2.50. The SMILES string of the molecule is Cc1cn([C@]2(O)O[C@H](CO)[C@@H](O)[C@H]2O)c(=O)nc1N. The summed E-state index contributed by atoms with van der Waals surface area (Å²) in [6.07, 6.45) is -3.42. The Hall–Kier alpha value is -1.52. The topological polar surface area (TPSA) is 151 Å². The number of aromatic nitrogens is 2. The van der Waals surface area contributed by atoms with E-state index in [1.807, 2.05) is 0 Å². The normalized spacial score (nSPS) is 34.7. The van der Waals surface area contributed by atoms with Gasteiger partial charge in [0.1, 0.15) is 18.0 Å². The molecule has 4 atom stereocenters. The van der Waals surface area contributed by atoms with E-state index in [1.165, 1.54) is 0 Å². The van der Waals surface area contributed by atoms with Gasteiger partial charge < -0.3 is 30.9 Å². The lowest BCUT2D eigenvalue weighted by atomic mass is 10.1. The van der Waals surface area contributed by atoms with Crippen molar-refractivity contribution in [3.63, 3.8) is 0 Å². The summed E-state index contributed by atoms with van der Waals surface area (Å²) in [6.45, 7) is 0.916. The van der Waals surface area contributed by atoms with Crippen molar-refractivity contribution in [1.29, 1.82) is 0 Å². The average molecular weight is 273 g/mol. The Bertz CT molecular complexity index is 547. The average Bonchev–Trinajstić information content (AvgIpc) is 2.59. The predicted molar refractivity (Wildman–Crippen MR) is 61.8 cm³/mol. The fourth-order valence-corrected chi connectivity index (χ4v) is 1.92. The van der Waals surface area contributed by atoms with Gasteiger partial charge in [-0.25, -0.2) is 9.36 Å². The van der Waals surface area contributed by atoms with Crippen LogP contribution in [0.4, 0.5) is 5.82 Å². The Morgan fingerprint density at radius 3 is 2.74 bits per heavy atom. The quantitative estimate of drug-likeness (QED) is 0.379. The number of aliphatic hydroxyl groups excluding tert-OH is 3. The Kier molecular flexibility index (Phi) is 3.32. The van der Waals surface area contributed by atoms with Crippen LogP contribution < -0.4 is 11.4 Å². The Morgan fingerprint density at radius 1 is 1.58 bits per heavy atom. The van der Waals surface area contributed by atoms with Crippen LogP contribution in [0, 0.1) is 6.92 Å². The Morgan fingerprint density at radius 2 is 2.21 bits per heavy atom. The van der Waals surface area contributed by atoms with Crippen molar-refractivity contribution < 1.29 is 25.2 Å². The van der Waals surface area contributed by atoms with E-state index >= 15 is 0 Å². The second-order valence-electron chi connectivity index (χ2n) is 4.39. The van der Waals surface area contributed by atoms with Gasteiger partial charge in [-0.2, -0.15) is 4.98 Å².